The molecule has 1 aliphatic rings. The summed E-state index contributed by atoms with van der Waals surface area (Å²) in [6.07, 6.45) is 3.14. The van der Waals surface area contributed by atoms with E-state index in [-0.39, 0.29) is 17.9 Å². The van der Waals surface area contributed by atoms with Gasteiger partial charge in [0.1, 0.15) is 12.4 Å². The maximum absolute atomic E-state index is 12.5. The molecular weight excluding hydrogens is 368 g/mol. The molecule has 2 heterocycles. The van der Waals surface area contributed by atoms with Crippen LogP contribution in [0.25, 0.3) is 0 Å². The Balaban J connectivity index is 1.41. The van der Waals surface area contributed by atoms with Crippen LogP contribution in [0.2, 0.25) is 0 Å². The highest BCUT2D eigenvalue weighted by atomic mass is 16.5. The number of urea groups is 1. The van der Waals surface area contributed by atoms with Crippen molar-refractivity contribution in [1.82, 2.24) is 20.1 Å². The van der Waals surface area contributed by atoms with Crippen molar-refractivity contribution in [2.75, 3.05) is 27.2 Å². The normalized spacial score (nSPS) is 14.3. The number of aromatic nitrogens is 1. The number of pyridine rings is 1. The quantitative estimate of drug-likeness (QED) is 0.815. The van der Waals surface area contributed by atoms with Gasteiger partial charge in [0.15, 0.2) is 0 Å². The Morgan fingerprint density at radius 3 is 2.48 bits per heavy atom. The van der Waals surface area contributed by atoms with Crippen LogP contribution in [0.3, 0.4) is 0 Å². The fraction of sp³-hybridized carbons (Fsp3) is 0.409. The van der Waals surface area contributed by atoms with E-state index >= 15 is 0 Å². The van der Waals surface area contributed by atoms with E-state index in [9.17, 15) is 9.59 Å². The van der Waals surface area contributed by atoms with E-state index in [1.54, 1.807) is 30.1 Å². The van der Waals surface area contributed by atoms with Crippen molar-refractivity contribution in [2.24, 2.45) is 5.92 Å². The predicted molar refractivity (Wildman–Crippen MR) is 110 cm³/mol. The molecule has 0 aliphatic carbocycles. The monoisotopic (exact) mass is 396 g/mol. The number of likely N-dealkylation sites (tertiary alicyclic amines) is 1. The largest absolute Gasteiger partial charge is 0.487 e. The molecule has 0 unspecified atom stereocenters. The first kappa shape index (κ1) is 20.6. The molecule has 2 aromatic rings. The number of nitrogens with zero attached hydrogens (tertiary/aromatic N) is 3. The topological polar surface area (TPSA) is 74.8 Å². The average Bonchev–Trinajstić information content (AvgIpc) is 2.77. The number of benzene rings is 1. The molecule has 1 fully saturated rings. The third-order valence-corrected chi connectivity index (χ3v) is 5.02. The molecule has 3 amide bonds. The van der Waals surface area contributed by atoms with Gasteiger partial charge >= 0.3 is 6.03 Å². The first-order valence-corrected chi connectivity index (χ1v) is 9.88. The average molecular weight is 396 g/mol. The van der Waals surface area contributed by atoms with Gasteiger partial charge < -0.3 is 19.9 Å². The van der Waals surface area contributed by atoms with Gasteiger partial charge in [0, 0.05) is 45.8 Å². The summed E-state index contributed by atoms with van der Waals surface area (Å²) in [6.45, 7) is 2.15. The van der Waals surface area contributed by atoms with Crippen LogP contribution < -0.4 is 10.1 Å². The van der Waals surface area contributed by atoms with E-state index in [0.29, 0.717) is 39.1 Å². The lowest BCUT2D eigenvalue weighted by Gasteiger charge is -2.33. The highest BCUT2D eigenvalue weighted by molar-refractivity contribution is 5.79. The predicted octanol–water partition coefficient (Wildman–Crippen LogP) is 2.67. The van der Waals surface area contributed by atoms with E-state index < -0.39 is 0 Å². The molecule has 0 radical (unpaired) electrons. The number of rotatable bonds is 6. The van der Waals surface area contributed by atoms with Crippen LogP contribution in [0.4, 0.5) is 4.79 Å². The third kappa shape index (κ3) is 5.94. The van der Waals surface area contributed by atoms with E-state index in [2.05, 4.69) is 10.3 Å². The summed E-state index contributed by atoms with van der Waals surface area (Å²) in [5, 5.41) is 3.01. The molecule has 0 bridgehead atoms. The van der Waals surface area contributed by atoms with E-state index in [4.69, 9.17) is 4.74 Å². The molecule has 0 atom stereocenters. The summed E-state index contributed by atoms with van der Waals surface area (Å²) < 4.78 is 5.73. The molecule has 7 nitrogen and oxygen atoms in total. The Labute approximate surface area is 171 Å². The van der Waals surface area contributed by atoms with Crippen LogP contribution >= 0.6 is 0 Å². The Morgan fingerprint density at radius 1 is 1.14 bits per heavy atom. The number of amides is 3. The van der Waals surface area contributed by atoms with Crippen molar-refractivity contribution >= 4 is 11.9 Å². The molecule has 29 heavy (non-hydrogen) atoms. The van der Waals surface area contributed by atoms with Gasteiger partial charge in [0.05, 0.1) is 5.69 Å². The zero-order chi connectivity index (χ0) is 20.6. The molecule has 0 saturated carbocycles. The summed E-state index contributed by atoms with van der Waals surface area (Å²) in [6, 6.07) is 13.4. The van der Waals surface area contributed by atoms with Crippen molar-refractivity contribution in [3.8, 4) is 5.75 Å². The maximum Gasteiger partial charge on any atom is 0.319 e. The Hall–Kier alpha value is -3.09. The van der Waals surface area contributed by atoms with Crippen LogP contribution in [0, 0.1) is 5.92 Å². The summed E-state index contributed by atoms with van der Waals surface area (Å²) in [5.41, 5.74) is 1.89. The molecule has 1 aromatic carbocycles. The van der Waals surface area contributed by atoms with Crippen molar-refractivity contribution in [3.05, 3.63) is 59.9 Å². The Morgan fingerprint density at radius 2 is 1.86 bits per heavy atom. The van der Waals surface area contributed by atoms with Crippen LogP contribution in [0.15, 0.2) is 48.7 Å². The number of carbonyl (C=O) groups excluding carboxylic acids is 2. The van der Waals surface area contributed by atoms with Crippen molar-refractivity contribution < 1.29 is 14.3 Å². The molecule has 1 N–H and O–H groups in total. The Kier molecular flexibility index (Phi) is 7.05. The lowest BCUT2D eigenvalue weighted by atomic mass is 9.96. The maximum atomic E-state index is 12.5. The highest BCUT2D eigenvalue weighted by Crippen LogP contribution is 2.19. The summed E-state index contributed by atoms with van der Waals surface area (Å²) in [5.74, 6) is 0.781. The summed E-state index contributed by atoms with van der Waals surface area (Å²) in [4.78, 5) is 32.0. The summed E-state index contributed by atoms with van der Waals surface area (Å²) >= 11 is 0. The van der Waals surface area contributed by atoms with Crippen molar-refractivity contribution in [1.29, 1.82) is 0 Å². The molecule has 0 spiro atoms. The molecule has 1 saturated heterocycles. The van der Waals surface area contributed by atoms with Gasteiger partial charge in [0.25, 0.3) is 0 Å². The fourth-order valence-electron chi connectivity index (χ4n) is 3.29. The van der Waals surface area contributed by atoms with Crippen molar-refractivity contribution in [3.63, 3.8) is 0 Å². The first-order chi connectivity index (χ1) is 14.0. The zero-order valence-electron chi connectivity index (χ0n) is 17.0. The van der Waals surface area contributed by atoms with Gasteiger partial charge in [-0.2, -0.15) is 0 Å². The van der Waals surface area contributed by atoms with Gasteiger partial charge in [-0.15, -0.1) is 0 Å². The minimum Gasteiger partial charge on any atom is -0.487 e. The van der Waals surface area contributed by atoms with Gasteiger partial charge in [-0.05, 0) is 42.7 Å². The van der Waals surface area contributed by atoms with E-state index in [0.717, 1.165) is 17.0 Å². The van der Waals surface area contributed by atoms with Crippen molar-refractivity contribution in [2.45, 2.75) is 26.0 Å². The van der Waals surface area contributed by atoms with E-state index in [1.165, 1.54) is 0 Å². The third-order valence-electron chi connectivity index (χ3n) is 5.02. The number of piperidine rings is 1. The minimum absolute atomic E-state index is 0.00853. The van der Waals surface area contributed by atoms with Gasteiger partial charge in [-0.3, -0.25) is 9.78 Å². The molecule has 1 aliphatic heterocycles. The minimum atomic E-state index is -0.0396. The zero-order valence-corrected chi connectivity index (χ0v) is 17.0. The molecule has 154 valence electrons. The SMILES string of the molecule is CN(C)C(=O)N1CCC(C(=O)NCc2ccc(OCc3ccccn3)cc2)CC1. The molecule has 1 aromatic heterocycles. The first-order valence-electron chi connectivity index (χ1n) is 9.88. The lowest BCUT2D eigenvalue weighted by Crippen LogP contribution is -2.46. The number of hydrogen-bond acceptors (Lipinski definition) is 4. The van der Waals surface area contributed by atoms with Gasteiger partial charge in [-0.1, -0.05) is 18.2 Å². The number of ether oxygens (including phenoxy) is 1. The highest BCUT2D eigenvalue weighted by Gasteiger charge is 2.27. The number of nitrogens with one attached hydrogen (secondary N) is 1. The molecule has 3 rings (SSSR count). The van der Waals surface area contributed by atoms with Crippen LogP contribution in [0.5, 0.6) is 5.75 Å². The second-order valence-electron chi connectivity index (χ2n) is 7.41. The number of carbonyl (C=O) groups is 2. The van der Waals surface area contributed by atoms with Crippen LogP contribution in [0.1, 0.15) is 24.1 Å². The number of hydrogen-bond donors (Lipinski definition) is 1. The molecule has 7 heteroatoms. The van der Waals surface area contributed by atoms with Gasteiger partial charge in [-0.25, -0.2) is 4.79 Å². The fourth-order valence-corrected chi connectivity index (χ4v) is 3.29. The smallest absolute Gasteiger partial charge is 0.319 e. The second kappa shape index (κ2) is 9.91. The van der Waals surface area contributed by atoms with Crippen LogP contribution in [-0.4, -0.2) is 53.9 Å². The van der Waals surface area contributed by atoms with Crippen LogP contribution in [-0.2, 0) is 17.9 Å². The van der Waals surface area contributed by atoms with Gasteiger partial charge in [0.2, 0.25) is 5.91 Å². The molecular formula is C22H28N4O3. The second-order valence-corrected chi connectivity index (χ2v) is 7.41. The lowest BCUT2D eigenvalue weighted by molar-refractivity contribution is -0.126. The Bertz CT molecular complexity index is 801. The standard InChI is InChI=1S/C22H28N4O3/c1-25(2)22(28)26-13-10-18(11-14-26)21(27)24-15-17-6-8-20(9-7-17)29-16-19-5-3-4-12-23-19/h3-9,12,18H,10-11,13-16H2,1-2H3,(H,24,27). The summed E-state index contributed by atoms with van der Waals surface area (Å²) in [7, 11) is 3.49. The van der Waals surface area contributed by atoms with E-state index in [1.807, 2.05) is 42.5 Å².